The molecular formula is C12H11FN2O2. The van der Waals surface area contributed by atoms with E-state index in [9.17, 15) is 9.18 Å². The van der Waals surface area contributed by atoms with Crippen molar-refractivity contribution in [3.05, 3.63) is 41.3 Å². The minimum atomic E-state index is -0.339. The van der Waals surface area contributed by atoms with Gasteiger partial charge < -0.3 is 4.74 Å². The van der Waals surface area contributed by atoms with Gasteiger partial charge in [-0.15, -0.1) is 0 Å². The molecule has 0 unspecified atom stereocenters. The topological polar surface area (TPSA) is 44.1 Å². The second kappa shape index (κ2) is 4.37. The van der Waals surface area contributed by atoms with E-state index in [4.69, 9.17) is 4.74 Å². The summed E-state index contributed by atoms with van der Waals surface area (Å²) in [4.78, 5) is 10.9. The summed E-state index contributed by atoms with van der Waals surface area (Å²) in [6.07, 6.45) is 0.696. The average Bonchev–Trinajstić information content (AvgIpc) is 2.57. The zero-order valence-corrected chi connectivity index (χ0v) is 9.48. The van der Waals surface area contributed by atoms with Crippen molar-refractivity contribution in [1.82, 2.24) is 9.78 Å². The molecule has 0 fully saturated rings. The number of halogens is 1. The maximum absolute atomic E-state index is 12.7. The Morgan fingerprint density at radius 1 is 1.35 bits per heavy atom. The van der Waals surface area contributed by atoms with Crippen LogP contribution in [0.1, 0.15) is 16.1 Å². The van der Waals surface area contributed by atoms with Crippen LogP contribution in [0.5, 0.6) is 11.6 Å². The van der Waals surface area contributed by atoms with Gasteiger partial charge in [-0.25, -0.2) is 9.07 Å². The highest BCUT2D eigenvalue weighted by molar-refractivity contribution is 5.80. The molecule has 0 saturated heterocycles. The number of carbonyl (C=O) groups excluding carboxylic acids is 1. The maximum Gasteiger partial charge on any atom is 0.228 e. The molecule has 0 aliphatic carbocycles. The molecule has 0 amide bonds. The van der Waals surface area contributed by atoms with Crippen LogP contribution in [0.25, 0.3) is 0 Å². The molecule has 17 heavy (non-hydrogen) atoms. The van der Waals surface area contributed by atoms with Gasteiger partial charge in [0.25, 0.3) is 0 Å². The Kier molecular flexibility index (Phi) is 2.91. The highest BCUT2D eigenvalue weighted by atomic mass is 19.1. The Bertz CT molecular complexity index is 546. The molecule has 1 heterocycles. The quantitative estimate of drug-likeness (QED) is 0.766. The number of aromatic nitrogens is 2. The summed E-state index contributed by atoms with van der Waals surface area (Å²) >= 11 is 0. The van der Waals surface area contributed by atoms with E-state index in [1.54, 1.807) is 14.0 Å². The lowest BCUT2D eigenvalue weighted by molar-refractivity contribution is 0.112. The molecule has 0 aliphatic rings. The van der Waals surface area contributed by atoms with Crippen LogP contribution in [0.15, 0.2) is 24.3 Å². The number of hydrogen-bond acceptors (Lipinski definition) is 3. The summed E-state index contributed by atoms with van der Waals surface area (Å²) in [6, 6.07) is 5.57. The molecular weight excluding hydrogens is 223 g/mol. The fourth-order valence-electron chi connectivity index (χ4n) is 1.52. The van der Waals surface area contributed by atoms with Gasteiger partial charge in [0.2, 0.25) is 5.88 Å². The number of benzene rings is 1. The fraction of sp³-hybridized carbons (Fsp3) is 0.167. The summed E-state index contributed by atoms with van der Waals surface area (Å²) in [7, 11) is 1.68. The Balaban J connectivity index is 2.35. The van der Waals surface area contributed by atoms with Crippen molar-refractivity contribution >= 4 is 6.29 Å². The van der Waals surface area contributed by atoms with Gasteiger partial charge in [-0.1, -0.05) is 0 Å². The highest BCUT2D eigenvalue weighted by Crippen LogP contribution is 2.25. The Hall–Kier alpha value is -2.17. The van der Waals surface area contributed by atoms with E-state index in [0.717, 1.165) is 0 Å². The molecule has 2 aromatic rings. The maximum atomic E-state index is 12.7. The molecule has 0 bridgehead atoms. The zero-order chi connectivity index (χ0) is 12.4. The standard InChI is InChI=1S/C12H11FN2O2/c1-8-11(7-16)12(15(2)14-8)17-10-5-3-9(13)4-6-10/h3-7H,1-2H3. The Labute approximate surface area is 97.6 Å². The van der Waals surface area contributed by atoms with Crippen molar-refractivity contribution in [3.63, 3.8) is 0 Å². The monoisotopic (exact) mass is 234 g/mol. The first-order valence-electron chi connectivity index (χ1n) is 5.04. The van der Waals surface area contributed by atoms with E-state index in [2.05, 4.69) is 5.10 Å². The summed E-state index contributed by atoms with van der Waals surface area (Å²) in [5.74, 6) is 0.468. The first-order chi connectivity index (χ1) is 8.11. The smallest absolute Gasteiger partial charge is 0.228 e. The lowest BCUT2D eigenvalue weighted by atomic mass is 10.3. The largest absolute Gasteiger partial charge is 0.439 e. The van der Waals surface area contributed by atoms with E-state index >= 15 is 0 Å². The van der Waals surface area contributed by atoms with Crippen LogP contribution in [0, 0.1) is 12.7 Å². The summed E-state index contributed by atoms with van der Waals surface area (Å²) in [5.41, 5.74) is 0.997. The van der Waals surface area contributed by atoms with Crippen molar-refractivity contribution in [2.24, 2.45) is 7.05 Å². The van der Waals surface area contributed by atoms with Crippen LogP contribution >= 0.6 is 0 Å². The first kappa shape index (κ1) is 11.3. The van der Waals surface area contributed by atoms with Crippen LogP contribution in [0.3, 0.4) is 0 Å². The summed E-state index contributed by atoms with van der Waals surface area (Å²) in [5, 5.41) is 4.08. The molecule has 5 heteroatoms. The number of aldehydes is 1. The number of aryl methyl sites for hydroxylation is 2. The van der Waals surface area contributed by atoms with Crippen molar-refractivity contribution < 1.29 is 13.9 Å². The molecule has 88 valence electrons. The van der Waals surface area contributed by atoms with Crippen molar-refractivity contribution in [3.8, 4) is 11.6 Å². The van der Waals surface area contributed by atoms with Crippen molar-refractivity contribution in [2.45, 2.75) is 6.92 Å². The molecule has 1 aromatic carbocycles. The minimum Gasteiger partial charge on any atom is -0.439 e. The highest BCUT2D eigenvalue weighted by Gasteiger charge is 2.14. The average molecular weight is 234 g/mol. The Morgan fingerprint density at radius 2 is 2.00 bits per heavy atom. The molecule has 4 nitrogen and oxygen atoms in total. The normalized spacial score (nSPS) is 10.3. The van der Waals surface area contributed by atoms with Gasteiger partial charge in [-0.3, -0.25) is 4.79 Å². The summed E-state index contributed by atoms with van der Waals surface area (Å²) in [6.45, 7) is 1.72. The van der Waals surface area contributed by atoms with Crippen LogP contribution in [0.2, 0.25) is 0 Å². The molecule has 0 radical (unpaired) electrons. The predicted molar refractivity (Wildman–Crippen MR) is 59.8 cm³/mol. The minimum absolute atomic E-state index is 0.339. The summed E-state index contributed by atoms with van der Waals surface area (Å²) < 4.78 is 19.7. The first-order valence-corrected chi connectivity index (χ1v) is 5.04. The third-order valence-electron chi connectivity index (χ3n) is 2.36. The van der Waals surface area contributed by atoms with Gasteiger partial charge in [0.15, 0.2) is 6.29 Å². The van der Waals surface area contributed by atoms with E-state index in [1.807, 2.05) is 0 Å². The van der Waals surface area contributed by atoms with E-state index in [0.29, 0.717) is 29.2 Å². The molecule has 0 aliphatic heterocycles. The number of hydrogen-bond donors (Lipinski definition) is 0. The predicted octanol–water partition coefficient (Wildman–Crippen LogP) is 2.47. The van der Waals surface area contributed by atoms with E-state index in [1.165, 1.54) is 28.9 Å². The molecule has 0 N–H and O–H groups in total. The third kappa shape index (κ3) is 2.18. The van der Waals surface area contributed by atoms with Crippen LogP contribution in [-0.2, 0) is 7.05 Å². The van der Waals surface area contributed by atoms with Crippen LogP contribution < -0.4 is 4.74 Å². The number of carbonyl (C=O) groups is 1. The Morgan fingerprint density at radius 3 is 2.59 bits per heavy atom. The SMILES string of the molecule is Cc1nn(C)c(Oc2ccc(F)cc2)c1C=O. The molecule has 0 atom stereocenters. The van der Waals surface area contributed by atoms with Crippen LogP contribution in [-0.4, -0.2) is 16.1 Å². The molecule has 0 saturated carbocycles. The number of nitrogens with zero attached hydrogens (tertiary/aromatic N) is 2. The zero-order valence-electron chi connectivity index (χ0n) is 9.48. The number of ether oxygens (including phenoxy) is 1. The van der Waals surface area contributed by atoms with Gasteiger partial charge in [0.05, 0.1) is 11.3 Å². The van der Waals surface area contributed by atoms with Gasteiger partial charge >= 0.3 is 0 Å². The van der Waals surface area contributed by atoms with Crippen molar-refractivity contribution in [1.29, 1.82) is 0 Å². The van der Waals surface area contributed by atoms with Gasteiger partial charge in [0.1, 0.15) is 11.6 Å². The van der Waals surface area contributed by atoms with Crippen molar-refractivity contribution in [2.75, 3.05) is 0 Å². The van der Waals surface area contributed by atoms with E-state index in [-0.39, 0.29) is 5.82 Å². The molecule has 0 spiro atoms. The lowest BCUT2D eigenvalue weighted by Crippen LogP contribution is -1.96. The molecule has 1 aromatic heterocycles. The van der Waals surface area contributed by atoms with Gasteiger partial charge in [-0.05, 0) is 31.2 Å². The second-order valence-corrected chi connectivity index (χ2v) is 3.60. The van der Waals surface area contributed by atoms with Gasteiger partial charge in [-0.2, -0.15) is 5.10 Å². The lowest BCUT2D eigenvalue weighted by Gasteiger charge is -2.06. The van der Waals surface area contributed by atoms with Crippen LogP contribution in [0.4, 0.5) is 4.39 Å². The second-order valence-electron chi connectivity index (χ2n) is 3.60. The molecule has 2 rings (SSSR count). The van der Waals surface area contributed by atoms with Gasteiger partial charge in [0, 0.05) is 7.05 Å². The number of rotatable bonds is 3. The van der Waals surface area contributed by atoms with E-state index < -0.39 is 0 Å². The fourth-order valence-corrected chi connectivity index (χ4v) is 1.52. The third-order valence-corrected chi connectivity index (χ3v) is 2.36.